The normalized spacial score (nSPS) is 14.2. The molecule has 0 unspecified atom stereocenters. The minimum absolute atomic E-state index is 0.858. The third kappa shape index (κ3) is 6.17. The Morgan fingerprint density at radius 1 is 0.212 bits per heavy atom. The number of hydrogen-bond acceptors (Lipinski definition) is 4. The zero-order chi connectivity index (χ0) is 52.5. The van der Waals surface area contributed by atoms with Crippen LogP contribution >= 0.6 is 0 Å². The Hall–Kier alpha value is -10.1. The smallest absolute Gasteiger partial charge is 0.318 e. The van der Waals surface area contributed by atoms with Crippen LogP contribution in [0.3, 0.4) is 0 Å². The molecule has 0 spiro atoms. The molecule has 0 N–H and O–H groups in total. The number of anilines is 2. The standard InChI is InChI=1S/C72H48N4O2Si2/c1-5-21-53(22-6-1)79(54-23-7-2-8-24-54)75(51-39-43-71-63(47-51)61-45-49(37-41-69(61)77-71)73-65-33-17-13-29-57(65)58-30-14-18-34-66(58)73)80(55-25-9-3-10-26-55,56-27-11-4-12-28-56)76(79)52-40-44-72-64(48-52)62-46-50(38-42-70(62)78-72)74-67-35-19-15-31-59(67)60-32-16-20-36-68(60)74/h1-48H. The highest BCUT2D eigenvalue weighted by Crippen LogP contribution is 2.49. The first kappa shape index (κ1) is 44.9. The van der Waals surface area contributed by atoms with Gasteiger partial charge in [0.05, 0.1) is 22.1 Å². The monoisotopic (exact) mass is 1060 g/mol. The van der Waals surface area contributed by atoms with E-state index in [9.17, 15) is 0 Å². The van der Waals surface area contributed by atoms with Crippen LogP contribution in [0.15, 0.2) is 300 Å². The first-order valence-corrected chi connectivity index (χ1v) is 31.2. The number of furan rings is 2. The summed E-state index contributed by atoms with van der Waals surface area (Å²) in [6, 6.07) is 108. The lowest BCUT2D eigenvalue weighted by molar-refractivity contribution is 0.668. The maximum Gasteiger partial charge on any atom is 0.318 e. The molecule has 376 valence electrons. The summed E-state index contributed by atoms with van der Waals surface area (Å²) < 4.78 is 24.4. The fourth-order valence-electron chi connectivity index (χ4n) is 13.9. The van der Waals surface area contributed by atoms with Crippen LogP contribution in [-0.2, 0) is 0 Å². The minimum Gasteiger partial charge on any atom is -0.456 e. The van der Waals surface area contributed by atoms with Crippen molar-refractivity contribution in [1.82, 2.24) is 9.13 Å². The molecule has 17 rings (SSSR count). The van der Waals surface area contributed by atoms with Gasteiger partial charge in [0, 0.05) is 65.8 Å². The number of rotatable bonds is 8. The Morgan fingerprint density at radius 3 is 0.738 bits per heavy atom. The van der Waals surface area contributed by atoms with Crippen LogP contribution in [0, 0.1) is 0 Å². The van der Waals surface area contributed by atoms with Crippen LogP contribution in [0.4, 0.5) is 11.4 Å². The Kier molecular flexibility index (Phi) is 9.66. The summed E-state index contributed by atoms with van der Waals surface area (Å²) >= 11 is 0. The van der Waals surface area contributed by atoms with E-state index in [2.05, 4.69) is 309 Å². The van der Waals surface area contributed by atoms with E-state index >= 15 is 0 Å². The van der Waals surface area contributed by atoms with Crippen molar-refractivity contribution in [3.63, 3.8) is 0 Å². The number of para-hydroxylation sites is 4. The summed E-state index contributed by atoms with van der Waals surface area (Å²) in [5.74, 6) is 0. The van der Waals surface area contributed by atoms with Gasteiger partial charge in [-0.05, 0) is 118 Å². The average molecular weight is 1060 g/mol. The van der Waals surface area contributed by atoms with Gasteiger partial charge >= 0.3 is 16.8 Å². The van der Waals surface area contributed by atoms with E-state index in [1.165, 1.54) is 64.4 Å². The molecule has 16 aromatic rings. The summed E-state index contributed by atoms with van der Waals surface area (Å²) in [5, 5.41) is 14.4. The van der Waals surface area contributed by atoms with E-state index in [4.69, 9.17) is 8.83 Å². The van der Waals surface area contributed by atoms with Crippen LogP contribution in [0.25, 0.3) is 98.9 Å². The molecule has 4 aromatic heterocycles. The molecule has 8 heteroatoms. The van der Waals surface area contributed by atoms with E-state index in [1.807, 2.05) is 0 Å². The fourth-order valence-corrected chi connectivity index (χ4v) is 29.1. The lowest BCUT2D eigenvalue weighted by Crippen LogP contribution is -3.07. The van der Waals surface area contributed by atoms with Crippen molar-refractivity contribution in [2.75, 3.05) is 8.46 Å². The van der Waals surface area contributed by atoms with E-state index in [-0.39, 0.29) is 0 Å². The summed E-state index contributed by atoms with van der Waals surface area (Å²) in [7, 11) is -6.76. The highest BCUT2D eigenvalue weighted by atomic mass is 28.5. The second-order valence-corrected chi connectivity index (χ2v) is 28.8. The van der Waals surface area contributed by atoms with Crippen LogP contribution in [-0.4, -0.2) is 25.9 Å². The molecule has 1 aliphatic heterocycles. The van der Waals surface area contributed by atoms with Crippen molar-refractivity contribution >= 4 is 136 Å². The van der Waals surface area contributed by atoms with Gasteiger partial charge in [-0.1, -0.05) is 194 Å². The molecule has 0 saturated carbocycles. The second-order valence-electron chi connectivity index (χ2n) is 21.1. The highest BCUT2D eigenvalue weighted by Gasteiger charge is 2.75. The van der Waals surface area contributed by atoms with Crippen LogP contribution in [0.5, 0.6) is 0 Å². The van der Waals surface area contributed by atoms with Gasteiger partial charge in [0.15, 0.2) is 0 Å². The molecule has 0 amide bonds. The number of fused-ring (bicyclic) bond motifs is 12. The second kappa shape index (κ2) is 17.2. The molecule has 0 atom stereocenters. The number of aromatic nitrogens is 2. The van der Waals surface area contributed by atoms with Gasteiger partial charge in [0.25, 0.3) is 0 Å². The van der Waals surface area contributed by atoms with Gasteiger partial charge in [-0.2, -0.15) is 0 Å². The Labute approximate surface area is 462 Å². The fraction of sp³-hybridized carbons (Fsp3) is 0. The maximum absolute atomic E-state index is 6.84. The van der Waals surface area contributed by atoms with Gasteiger partial charge in [-0.25, -0.2) is 0 Å². The highest BCUT2D eigenvalue weighted by molar-refractivity contribution is 7.38. The van der Waals surface area contributed by atoms with Gasteiger partial charge < -0.3 is 26.4 Å². The van der Waals surface area contributed by atoms with Gasteiger partial charge in [0.2, 0.25) is 0 Å². The first-order chi connectivity index (χ1) is 39.7. The molecular weight excluding hydrogens is 1010 g/mol. The third-order valence-corrected chi connectivity index (χ3v) is 29.1. The maximum atomic E-state index is 6.84. The molecule has 0 bridgehead atoms. The van der Waals surface area contributed by atoms with E-state index in [0.29, 0.717) is 0 Å². The summed E-state index contributed by atoms with van der Waals surface area (Å²) in [6.45, 7) is 0. The van der Waals surface area contributed by atoms with Gasteiger partial charge in [0.1, 0.15) is 22.3 Å². The molecule has 0 radical (unpaired) electrons. The van der Waals surface area contributed by atoms with Crippen LogP contribution in [0.2, 0.25) is 0 Å². The largest absolute Gasteiger partial charge is 0.456 e. The number of hydrogen-bond donors (Lipinski definition) is 0. The predicted molar refractivity (Wildman–Crippen MR) is 337 cm³/mol. The first-order valence-electron chi connectivity index (χ1n) is 27.4. The van der Waals surface area contributed by atoms with Crippen molar-refractivity contribution in [3.8, 4) is 11.4 Å². The molecule has 80 heavy (non-hydrogen) atoms. The lowest BCUT2D eigenvalue weighted by Gasteiger charge is -2.73. The number of benzene rings is 12. The van der Waals surface area contributed by atoms with Crippen molar-refractivity contribution in [1.29, 1.82) is 0 Å². The van der Waals surface area contributed by atoms with Crippen molar-refractivity contribution in [3.05, 3.63) is 291 Å². The Balaban J connectivity index is 0.945. The zero-order valence-corrected chi connectivity index (χ0v) is 45.3. The van der Waals surface area contributed by atoms with Crippen molar-refractivity contribution < 1.29 is 8.83 Å². The van der Waals surface area contributed by atoms with E-state index < -0.39 is 16.8 Å². The topological polar surface area (TPSA) is 42.6 Å². The van der Waals surface area contributed by atoms with Gasteiger partial charge in [-0.3, -0.25) is 0 Å². The summed E-state index contributed by atoms with van der Waals surface area (Å²) in [4.78, 5) is 0. The molecule has 1 aliphatic rings. The summed E-state index contributed by atoms with van der Waals surface area (Å²) in [6.07, 6.45) is 0. The van der Waals surface area contributed by atoms with E-state index in [0.717, 1.165) is 66.6 Å². The SMILES string of the molecule is c1ccc([Si]2(c3ccccc3)N(c3ccc4oc5ccc(-n6c7ccccc7c7ccccc76)cc5c4c3)[Si](c3ccccc3)(c3ccccc3)N2c2ccc3oc4ccc(-n5c6ccccc6c6ccccc65)cc4c3c2)cc1. The minimum atomic E-state index is -3.38. The van der Waals surface area contributed by atoms with Crippen LogP contribution < -0.4 is 29.2 Å². The lowest BCUT2D eigenvalue weighted by atomic mass is 10.1. The molecule has 6 nitrogen and oxygen atoms in total. The Bertz CT molecular complexity index is 4590. The van der Waals surface area contributed by atoms with E-state index in [1.54, 1.807) is 0 Å². The average Bonchev–Trinajstić information content (AvgIpc) is 1.36. The molecule has 12 aromatic carbocycles. The van der Waals surface area contributed by atoms with Crippen LogP contribution in [0.1, 0.15) is 0 Å². The molecular formula is C72H48N4O2Si2. The predicted octanol–water partition coefficient (Wildman–Crippen LogP) is 15.5. The summed E-state index contributed by atoms with van der Waals surface area (Å²) in [5.41, 5.74) is 12.6. The molecule has 5 heterocycles. The van der Waals surface area contributed by atoms with Gasteiger partial charge in [-0.15, -0.1) is 0 Å². The number of nitrogens with zero attached hydrogens (tertiary/aromatic N) is 4. The third-order valence-electron chi connectivity index (χ3n) is 17.1. The van der Waals surface area contributed by atoms with Crippen molar-refractivity contribution in [2.24, 2.45) is 0 Å². The molecule has 1 saturated heterocycles. The quantitative estimate of drug-likeness (QED) is 0.142. The van der Waals surface area contributed by atoms with Crippen molar-refractivity contribution in [2.45, 2.75) is 0 Å². The molecule has 1 fully saturated rings. The Morgan fingerprint density at radius 2 is 0.450 bits per heavy atom. The molecule has 0 aliphatic carbocycles. The zero-order valence-electron chi connectivity index (χ0n) is 43.3.